The molecule has 0 bridgehead atoms. The fraction of sp³-hybridized carbons (Fsp3) is 0.364. The number of piperazine rings is 1. The monoisotopic (exact) mass is 471 g/mol. The van der Waals surface area contributed by atoms with Crippen molar-refractivity contribution in [1.29, 1.82) is 0 Å². The van der Waals surface area contributed by atoms with Gasteiger partial charge >= 0.3 is 5.97 Å². The van der Waals surface area contributed by atoms with Gasteiger partial charge in [0.2, 0.25) is 5.13 Å². The van der Waals surface area contributed by atoms with Gasteiger partial charge in [0, 0.05) is 31.9 Å². The lowest BCUT2D eigenvalue weighted by molar-refractivity contribution is -0.115. The molecule has 168 valence electrons. The summed E-state index contributed by atoms with van der Waals surface area (Å²) in [6, 6.07) is 8.25. The maximum Gasteiger partial charge on any atom is 0.350 e. The fourth-order valence-corrected chi connectivity index (χ4v) is 5.10. The average molecular weight is 472 g/mol. The van der Waals surface area contributed by atoms with Gasteiger partial charge < -0.3 is 19.9 Å². The van der Waals surface area contributed by atoms with Crippen molar-refractivity contribution in [3.05, 3.63) is 45.3 Å². The molecule has 0 aliphatic carbocycles. The molecule has 2 aliphatic rings. The summed E-state index contributed by atoms with van der Waals surface area (Å²) in [5.41, 5.74) is 2.72. The van der Waals surface area contributed by atoms with Gasteiger partial charge in [-0.1, -0.05) is 23.5 Å². The molecule has 1 aromatic heterocycles. The third-order valence-electron chi connectivity index (χ3n) is 5.15. The standard InChI is InChI=1S/C22H25N5O3S2/c1-4-30-20(29)18-14(2)23-21(32-18)25-22-24-19(28)17(31-22)13-15-5-7-16(8-6-15)27-11-9-26(3)10-12-27/h5-8,13H,4,9-12H2,1-3H3,(H,23,24,25,28)/b17-13-. The quantitative estimate of drug-likeness (QED) is 0.529. The summed E-state index contributed by atoms with van der Waals surface area (Å²) in [6.07, 6.45) is 1.85. The highest BCUT2D eigenvalue weighted by Crippen LogP contribution is 2.31. The van der Waals surface area contributed by atoms with Crippen molar-refractivity contribution in [3.8, 4) is 0 Å². The number of carbonyl (C=O) groups excluding carboxylic acids is 2. The number of carbonyl (C=O) groups is 2. The number of esters is 1. The maximum atomic E-state index is 12.4. The molecule has 2 saturated heterocycles. The van der Waals surface area contributed by atoms with Gasteiger partial charge in [-0.2, -0.15) is 4.99 Å². The van der Waals surface area contributed by atoms with Crippen LogP contribution in [-0.4, -0.2) is 66.8 Å². The number of rotatable bonds is 5. The SMILES string of the molecule is CCOC(=O)c1sc(/N=C2\NC(=O)/C(=C/c3ccc(N4CCN(C)CC4)cc3)S2)nc1C. The van der Waals surface area contributed by atoms with Crippen LogP contribution in [0.5, 0.6) is 0 Å². The molecular formula is C22H25N5O3S2. The van der Waals surface area contributed by atoms with Crippen molar-refractivity contribution in [3.63, 3.8) is 0 Å². The van der Waals surface area contributed by atoms with Crippen LogP contribution >= 0.6 is 23.1 Å². The van der Waals surface area contributed by atoms with Crippen molar-refractivity contribution in [2.75, 3.05) is 44.7 Å². The van der Waals surface area contributed by atoms with Crippen molar-refractivity contribution < 1.29 is 14.3 Å². The molecular weight excluding hydrogens is 446 g/mol. The van der Waals surface area contributed by atoms with Gasteiger partial charge in [0.05, 0.1) is 17.2 Å². The molecule has 2 fully saturated rings. The Hall–Kier alpha value is -2.69. The Morgan fingerprint density at radius 1 is 1.25 bits per heavy atom. The highest BCUT2D eigenvalue weighted by Gasteiger charge is 2.25. The average Bonchev–Trinajstić information content (AvgIpc) is 3.31. The lowest BCUT2D eigenvalue weighted by Crippen LogP contribution is -2.44. The number of nitrogens with zero attached hydrogens (tertiary/aromatic N) is 4. The number of aliphatic imine (C=N–C) groups is 1. The second kappa shape index (κ2) is 9.85. The van der Waals surface area contributed by atoms with Crippen LogP contribution in [0, 0.1) is 6.92 Å². The predicted molar refractivity (Wildman–Crippen MR) is 130 cm³/mol. The Balaban J connectivity index is 1.44. The Morgan fingerprint density at radius 2 is 1.97 bits per heavy atom. The first-order valence-electron chi connectivity index (χ1n) is 10.4. The Labute approximate surface area is 195 Å². The van der Waals surface area contributed by atoms with Crippen LogP contribution < -0.4 is 10.2 Å². The molecule has 0 radical (unpaired) electrons. The van der Waals surface area contributed by atoms with Crippen LogP contribution in [0.2, 0.25) is 0 Å². The molecule has 0 spiro atoms. The van der Waals surface area contributed by atoms with Crippen LogP contribution in [0.4, 0.5) is 10.8 Å². The third kappa shape index (κ3) is 5.20. The number of hydrogen-bond acceptors (Lipinski definition) is 9. The summed E-state index contributed by atoms with van der Waals surface area (Å²) >= 11 is 2.41. The van der Waals surface area contributed by atoms with E-state index in [0.29, 0.717) is 32.4 Å². The number of thiazole rings is 1. The van der Waals surface area contributed by atoms with Crippen molar-refractivity contribution in [2.24, 2.45) is 4.99 Å². The largest absolute Gasteiger partial charge is 0.462 e. The number of thioether (sulfide) groups is 1. The molecule has 32 heavy (non-hydrogen) atoms. The summed E-state index contributed by atoms with van der Waals surface area (Å²) in [6.45, 7) is 7.95. The van der Waals surface area contributed by atoms with E-state index in [-0.39, 0.29) is 5.91 Å². The molecule has 2 aliphatic heterocycles. The minimum Gasteiger partial charge on any atom is -0.462 e. The molecule has 1 N–H and O–H groups in total. The van der Waals surface area contributed by atoms with Gasteiger partial charge in [-0.3, -0.25) is 4.79 Å². The van der Waals surface area contributed by atoms with E-state index in [0.717, 1.165) is 43.1 Å². The van der Waals surface area contributed by atoms with E-state index in [1.165, 1.54) is 17.4 Å². The van der Waals surface area contributed by atoms with E-state index in [9.17, 15) is 9.59 Å². The second-order valence-electron chi connectivity index (χ2n) is 7.50. The van der Waals surface area contributed by atoms with E-state index >= 15 is 0 Å². The Bertz CT molecular complexity index is 1070. The third-order valence-corrected chi connectivity index (χ3v) is 7.09. The summed E-state index contributed by atoms with van der Waals surface area (Å²) in [5, 5.41) is 3.62. The molecule has 4 rings (SSSR count). The van der Waals surface area contributed by atoms with E-state index in [1.807, 2.05) is 18.2 Å². The molecule has 8 nitrogen and oxygen atoms in total. The second-order valence-corrected chi connectivity index (χ2v) is 9.50. The molecule has 0 unspecified atom stereocenters. The summed E-state index contributed by atoms with van der Waals surface area (Å²) in [5.74, 6) is -0.603. The molecule has 3 heterocycles. The Morgan fingerprint density at radius 3 is 2.66 bits per heavy atom. The minimum atomic E-state index is -0.405. The van der Waals surface area contributed by atoms with Crippen molar-refractivity contribution in [1.82, 2.24) is 15.2 Å². The van der Waals surface area contributed by atoms with Crippen LogP contribution in [0.1, 0.15) is 27.9 Å². The first kappa shape index (κ1) is 22.5. The first-order chi connectivity index (χ1) is 15.4. The number of aromatic nitrogens is 1. The normalized spacial score (nSPS) is 19.6. The van der Waals surface area contributed by atoms with E-state index < -0.39 is 5.97 Å². The molecule has 0 saturated carbocycles. The number of hydrogen-bond donors (Lipinski definition) is 1. The molecule has 0 atom stereocenters. The molecule has 1 amide bonds. The lowest BCUT2D eigenvalue weighted by Gasteiger charge is -2.34. The van der Waals surface area contributed by atoms with Gasteiger partial charge in [-0.15, -0.1) is 0 Å². The first-order valence-corrected chi connectivity index (χ1v) is 12.0. The van der Waals surface area contributed by atoms with Crippen LogP contribution in [-0.2, 0) is 9.53 Å². The van der Waals surface area contributed by atoms with E-state index in [2.05, 4.69) is 44.3 Å². The van der Waals surface area contributed by atoms with Crippen molar-refractivity contribution in [2.45, 2.75) is 13.8 Å². The number of amidine groups is 1. The number of nitrogens with one attached hydrogen (secondary N) is 1. The fourth-order valence-electron chi connectivity index (χ4n) is 3.38. The predicted octanol–water partition coefficient (Wildman–Crippen LogP) is 3.27. The topological polar surface area (TPSA) is 87.1 Å². The van der Waals surface area contributed by atoms with Crippen LogP contribution in [0.3, 0.4) is 0 Å². The number of likely N-dealkylation sites (N-methyl/N-ethyl adjacent to an activating group) is 1. The summed E-state index contributed by atoms with van der Waals surface area (Å²) < 4.78 is 5.04. The van der Waals surface area contributed by atoms with Gasteiger partial charge in [-0.25, -0.2) is 9.78 Å². The Kier molecular flexibility index (Phi) is 6.92. The zero-order valence-corrected chi connectivity index (χ0v) is 19.9. The number of ether oxygens (including phenoxy) is 1. The van der Waals surface area contributed by atoms with Crippen LogP contribution in [0.25, 0.3) is 6.08 Å². The van der Waals surface area contributed by atoms with E-state index in [1.54, 1.807) is 13.8 Å². The smallest absolute Gasteiger partial charge is 0.350 e. The molecule has 1 aromatic carbocycles. The number of benzene rings is 1. The number of amides is 1. The summed E-state index contributed by atoms with van der Waals surface area (Å²) in [7, 11) is 2.14. The zero-order valence-electron chi connectivity index (χ0n) is 18.3. The number of anilines is 1. The van der Waals surface area contributed by atoms with Gasteiger partial charge in [0.15, 0.2) is 5.17 Å². The van der Waals surface area contributed by atoms with E-state index in [4.69, 9.17) is 4.74 Å². The van der Waals surface area contributed by atoms with Crippen LogP contribution in [0.15, 0.2) is 34.2 Å². The highest BCUT2D eigenvalue weighted by molar-refractivity contribution is 8.18. The summed E-state index contributed by atoms with van der Waals surface area (Å²) in [4.78, 5) is 38.8. The van der Waals surface area contributed by atoms with Gasteiger partial charge in [0.1, 0.15) is 4.88 Å². The lowest BCUT2D eigenvalue weighted by atomic mass is 10.1. The minimum absolute atomic E-state index is 0.198. The number of aryl methyl sites for hydroxylation is 1. The van der Waals surface area contributed by atoms with Gasteiger partial charge in [0.25, 0.3) is 5.91 Å². The van der Waals surface area contributed by atoms with Gasteiger partial charge in [-0.05, 0) is 56.4 Å². The zero-order chi connectivity index (χ0) is 22.7. The molecule has 10 heteroatoms. The molecule has 2 aromatic rings. The van der Waals surface area contributed by atoms with Crippen molar-refractivity contribution >= 4 is 57.0 Å². The highest BCUT2D eigenvalue weighted by atomic mass is 32.2. The maximum absolute atomic E-state index is 12.4.